The summed E-state index contributed by atoms with van der Waals surface area (Å²) in [5, 5.41) is 0. The van der Waals surface area contributed by atoms with Crippen molar-refractivity contribution in [2.45, 2.75) is 58.7 Å². The Morgan fingerprint density at radius 2 is 1.88 bits per heavy atom. The van der Waals surface area contributed by atoms with Crippen molar-refractivity contribution in [1.29, 1.82) is 0 Å². The zero-order valence-electron chi connectivity index (χ0n) is 18.8. The molecule has 0 N–H and O–H groups in total. The van der Waals surface area contributed by atoms with Crippen LogP contribution in [0, 0.1) is 28.6 Å². The lowest BCUT2D eigenvalue weighted by molar-refractivity contribution is -0.210. The van der Waals surface area contributed by atoms with Gasteiger partial charge in [-0.15, -0.1) is 0 Å². The minimum atomic E-state index is -1.06. The molecule has 180 valence electrons. The van der Waals surface area contributed by atoms with E-state index in [0.717, 1.165) is 0 Å². The fraction of sp³-hybridized carbons (Fsp3) is 0.652. The number of ketones is 1. The summed E-state index contributed by atoms with van der Waals surface area (Å²) in [4.78, 5) is 51.6. The van der Waals surface area contributed by atoms with Gasteiger partial charge in [-0.3, -0.25) is 19.2 Å². The van der Waals surface area contributed by atoms with Crippen LogP contribution in [0.1, 0.15) is 58.1 Å². The van der Waals surface area contributed by atoms with Crippen LogP contribution >= 0.6 is 31.9 Å². The summed E-state index contributed by atoms with van der Waals surface area (Å²) in [5.74, 6) is -3.51. The maximum Gasteiger partial charge on any atom is 0.310 e. The minimum Gasteiger partial charge on any atom is -0.469 e. The first-order valence-electron chi connectivity index (χ1n) is 10.9. The predicted molar refractivity (Wildman–Crippen MR) is 121 cm³/mol. The van der Waals surface area contributed by atoms with Crippen molar-refractivity contribution in [3.05, 3.63) is 21.0 Å². The van der Waals surface area contributed by atoms with Crippen LogP contribution in [0.25, 0.3) is 0 Å². The summed E-state index contributed by atoms with van der Waals surface area (Å²) in [7, 11) is 1.31. The third-order valence-electron chi connectivity index (χ3n) is 7.93. The Bertz CT molecular complexity index is 1020. The summed E-state index contributed by atoms with van der Waals surface area (Å²) >= 11 is 6.66. The first kappa shape index (κ1) is 24.4. The van der Waals surface area contributed by atoms with Crippen LogP contribution in [0.3, 0.4) is 0 Å². The standard InChI is InChI=1S/C23H26Br2O8/c1-10(26)31-14-8-13(20(28)30-4)22(2)6-5-12-21(29)32-15(11-7-16(24)33-19(11)25)9-23(12,3)18(22)17(14)27/h7,12-15,18H,5-6,8-9H2,1-4H3/t12-,13-,14-,15-,18-,22-,23-/m0/s1. The smallest absolute Gasteiger partial charge is 0.310 e. The molecule has 1 saturated heterocycles. The van der Waals surface area contributed by atoms with E-state index in [4.69, 9.17) is 18.6 Å². The van der Waals surface area contributed by atoms with Gasteiger partial charge in [0, 0.05) is 24.8 Å². The zero-order chi connectivity index (χ0) is 24.3. The van der Waals surface area contributed by atoms with Crippen molar-refractivity contribution in [3.8, 4) is 0 Å². The molecule has 8 nitrogen and oxygen atoms in total. The van der Waals surface area contributed by atoms with Crippen molar-refractivity contribution >= 4 is 55.6 Å². The van der Waals surface area contributed by atoms with Crippen LogP contribution in [0.15, 0.2) is 19.8 Å². The Kier molecular flexibility index (Phi) is 6.31. The molecule has 2 heterocycles. The molecule has 0 unspecified atom stereocenters. The number of hydrogen-bond donors (Lipinski definition) is 0. The highest BCUT2D eigenvalue weighted by atomic mass is 79.9. The van der Waals surface area contributed by atoms with E-state index in [1.54, 1.807) is 6.07 Å². The second kappa shape index (κ2) is 8.52. The summed E-state index contributed by atoms with van der Waals surface area (Å²) in [5.41, 5.74) is -0.910. The molecule has 0 aromatic carbocycles. The van der Waals surface area contributed by atoms with Crippen molar-refractivity contribution < 1.29 is 37.8 Å². The largest absolute Gasteiger partial charge is 0.469 e. The number of methoxy groups -OCH3 is 1. The molecule has 4 rings (SSSR count). The van der Waals surface area contributed by atoms with E-state index in [9.17, 15) is 19.2 Å². The molecule has 0 amide bonds. The Morgan fingerprint density at radius 3 is 2.45 bits per heavy atom. The molecular formula is C23H26Br2O8. The van der Waals surface area contributed by atoms with Crippen molar-refractivity contribution in [2.24, 2.45) is 28.6 Å². The number of carbonyl (C=O) groups is 4. The van der Waals surface area contributed by atoms with Gasteiger partial charge < -0.3 is 18.6 Å². The maximum atomic E-state index is 13.8. The minimum absolute atomic E-state index is 0.0763. The molecule has 0 bridgehead atoms. The van der Waals surface area contributed by atoms with E-state index in [2.05, 4.69) is 31.9 Å². The summed E-state index contributed by atoms with van der Waals surface area (Å²) in [6.45, 7) is 5.07. The van der Waals surface area contributed by atoms with E-state index in [1.165, 1.54) is 14.0 Å². The van der Waals surface area contributed by atoms with Crippen LogP contribution in [-0.2, 0) is 33.4 Å². The van der Waals surface area contributed by atoms with Crippen LogP contribution in [0.5, 0.6) is 0 Å². The summed E-state index contributed by atoms with van der Waals surface area (Å²) < 4.78 is 22.7. The van der Waals surface area contributed by atoms with Crippen molar-refractivity contribution in [1.82, 2.24) is 0 Å². The number of ether oxygens (including phenoxy) is 3. The second-order valence-electron chi connectivity index (χ2n) is 9.76. The van der Waals surface area contributed by atoms with Crippen LogP contribution in [0.2, 0.25) is 0 Å². The molecule has 0 radical (unpaired) electrons. The quantitative estimate of drug-likeness (QED) is 0.374. The number of cyclic esters (lactones) is 1. The second-order valence-corrected chi connectivity index (χ2v) is 11.3. The monoisotopic (exact) mass is 588 g/mol. The van der Waals surface area contributed by atoms with Gasteiger partial charge in [-0.1, -0.05) is 13.8 Å². The Hall–Kier alpha value is -1.68. The summed E-state index contributed by atoms with van der Waals surface area (Å²) in [6, 6.07) is 1.73. The van der Waals surface area contributed by atoms with Gasteiger partial charge >= 0.3 is 17.9 Å². The number of esters is 3. The van der Waals surface area contributed by atoms with E-state index in [-0.39, 0.29) is 18.2 Å². The highest BCUT2D eigenvalue weighted by Crippen LogP contribution is 2.65. The van der Waals surface area contributed by atoms with Crippen LogP contribution < -0.4 is 0 Å². The molecule has 7 atom stereocenters. The Morgan fingerprint density at radius 1 is 1.18 bits per heavy atom. The molecule has 1 aliphatic heterocycles. The average molecular weight is 590 g/mol. The Labute approximate surface area is 208 Å². The molecule has 2 saturated carbocycles. The van der Waals surface area contributed by atoms with E-state index < -0.39 is 52.7 Å². The maximum absolute atomic E-state index is 13.8. The molecule has 10 heteroatoms. The average Bonchev–Trinajstić information content (AvgIpc) is 3.06. The molecular weight excluding hydrogens is 564 g/mol. The van der Waals surface area contributed by atoms with Crippen molar-refractivity contribution in [3.63, 3.8) is 0 Å². The van der Waals surface area contributed by atoms with E-state index in [1.807, 2.05) is 13.8 Å². The SMILES string of the molecule is COC(=O)[C@@H]1C[C@H](OC(C)=O)C(=O)[C@H]2[C@@]1(C)CC[C@H]1C(=O)O[C@H](c3cc(Br)oc3Br)C[C@]21C. The first-order chi connectivity index (χ1) is 15.4. The molecule has 3 aliphatic rings. The molecule has 33 heavy (non-hydrogen) atoms. The molecule has 0 spiro atoms. The lowest BCUT2D eigenvalue weighted by Crippen LogP contribution is -2.64. The van der Waals surface area contributed by atoms with Gasteiger partial charge in [-0.25, -0.2) is 0 Å². The van der Waals surface area contributed by atoms with Gasteiger partial charge in [0.05, 0.1) is 18.9 Å². The van der Waals surface area contributed by atoms with Gasteiger partial charge in [0.25, 0.3) is 0 Å². The van der Waals surface area contributed by atoms with E-state index >= 15 is 0 Å². The number of hydrogen-bond acceptors (Lipinski definition) is 8. The number of Topliss-reactive ketones (excluding diaryl/α,β-unsaturated/α-hetero) is 1. The van der Waals surface area contributed by atoms with Gasteiger partial charge in [-0.2, -0.15) is 0 Å². The van der Waals surface area contributed by atoms with Crippen LogP contribution in [-0.4, -0.2) is 36.9 Å². The van der Waals surface area contributed by atoms with Gasteiger partial charge in [0.15, 0.2) is 21.2 Å². The number of rotatable bonds is 3. The first-order valence-corrected chi connectivity index (χ1v) is 12.4. The Balaban J connectivity index is 1.80. The number of furan rings is 1. The summed E-state index contributed by atoms with van der Waals surface area (Å²) in [6.07, 6.45) is -0.287. The molecule has 3 fully saturated rings. The highest BCUT2D eigenvalue weighted by Gasteiger charge is 2.67. The topological polar surface area (TPSA) is 109 Å². The molecule has 1 aromatic heterocycles. The predicted octanol–water partition coefficient (Wildman–Crippen LogP) is 4.53. The van der Waals surface area contributed by atoms with Gasteiger partial charge in [0.2, 0.25) is 0 Å². The molecule has 2 aliphatic carbocycles. The molecule has 1 aromatic rings. The van der Waals surface area contributed by atoms with Gasteiger partial charge in [0.1, 0.15) is 6.10 Å². The van der Waals surface area contributed by atoms with Crippen molar-refractivity contribution in [2.75, 3.05) is 7.11 Å². The number of carbonyl (C=O) groups excluding carboxylic acids is 4. The van der Waals surface area contributed by atoms with E-state index in [0.29, 0.717) is 34.2 Å². The highest BCUT2D eigenvalue weighted by molar-refractivity contribution is 9.11. The number of halogens is 2. The number of fused-ring (bicyclic) bond motifs is 3. The third kappa shape index (κ3) is 3.87. The third-order valence-corrected chi connectivity index (χ3v) is 8.94. The normalized spacial score (nSPS) is 38.1. The van der Waals surface area contributed by atoms with Gasteiger partial charge in [-0.05, 0) is 68.0 Å². The fourth-order valence-corrected chi connectivity index (χ4v) is 7.74. The zero-order valence-corrected chi connectivity index (χ0v) is 22.0. The fourth-order valence-electron chi connectivity index (χ4n) is 6.57. The lowest BCUT2D eigenvalue weighted by atomic mass is 9.43. The lowest BCUT2D eigenvalue weighted by Gasteiger charge is -2.61. The van der Waals surface area contributed by atoms with Crippen LogP contribution in [0.4, 0.5) is 0 Å².